The van der Waals surface area contributed by atoms with Gasteiger partial charge in [0, 0.05) is 43.6 Å². The summed E-state index contributed by atoms with van der Waals surface area (Å²) in [4.78, 5) is 57.1. The lowest BCUT2D eigenvalue weighted by Gasteiger charge is -2.33. The molecule has 8 nitrogen and oxygen atoms in total. The van der Waals surface area contributed by atoms with Gasteiger partial charge in [-0.15, -0.1) is 6.58 Å². The third kappa shape index (κ3) is 13.6. The molecule has 1 aliphatic rings. The molecule has 4 aromatic rings. The van der Waals surface area contributed by atoms with Gasteiger partial charge in [0.2, 0.25) is 5.91 Å². The van der Waals surface area contributed by atoms with Crippen LogP contribution in [0, 0.1) is 33.6 Å². The third-order valence-corrected chi connectivity index (χ3v) is 9.92. The van der Waals surface area contributed by atoms with Crippen molar-refractivity contribution in [3.63, 3.8) is 0 Å². The van der Waals surface area contributed by atoms with Crippen LogP contribution in [-0.2, 0) is 17.6 Å². The van der Waals surface area contributed by atoms with Gasteiger partial charge in [0.1, 0.15) is 5.75 Å². The van der Waals surface area contributed by atoms with E-state index in [0.717, 1.165) is 38.3 Å². The molecule has 4 amide bonds. The van der Waals surface area contributed by atoms with Crippen molar-refractivity contribution in [1.29, 1.82) is 0 Å². The summed E-state index contributed by atoms with van der Waals surface area (Å²) in [5.74, 6) is -1.22. The van der Waals surface area contributed by atoms with Crippen LogP contribution in [0.5, 0.6) is 5.75 Å². The maximum atomic E-state index is 14.1. The molecule has 0 saturated carbocycles. The number of aromatic hydroxyl groups is 1. The Labute approximate surface area is 348 Å². The largest absolute Gasteiger partial charge is 0.508 e. The molecule has 4 aromatic carbocycles. The summed E-state index contributed by atoms with van der Waals surface area (Å²) in [7, 11) is 0. The van der Waals surface area contributed by atoms with Gasteiger partial charge >= 0.3 is 0 Å². The van der Waals surface area contributed by atoms with Crippen molar-refractivity contribution >= 4 is 23.6 Å². The van der Waals surface area contributed by atoms with E-state index in [1.54, 1.807) is 35.2 Å². The Balaban J connectivity index is 0.00000156. The highest BCUT2D eigenvalue weighted by atomic mass is 16.3. The molecule has 0 spiro atoms. The fourth-order valence-electron chi connectivity index (χ4n) is 6.72. The standard InChI is InChI=1S/C43H47N3O5.C3H8.2C2H6/c1-6-12-34(38(25-32-13-8-7-9-14-32)44-41(49)37-24-30(4)29(3)23-31(37)5)27-45(21-19-33-18-17-28(2)39(47)26-33)40(48)20-22-46-42(50)35-15-10-11-16-36(35)43(46)51;1-3-2;2*1-2/h6-11,13-18,23-24,26,34,38,47H,1,12,19-22,25,27H2,2-5H3,(H,44,49);3H2,1-2H3;2*1-2H3/t34?,38-;;;/m0.../s1. The number of rotatable bonds is 15. The summed E-state index contributed by atoms with van der Waals surface area (Å²) in [5.41, 5.74) is 7.02. The SMILES string of the molecule is C=CCC(CN(CCc1ccc(C)c(O)c1)C(=O)CCN1C(=O)c2ccccc2C1=O)[C@H](Cc1ccccc1)NC(=O)c1cc(C)c(C)cc1C.CC.CC.CCC. The number of carbonyl (C=O) groups excluding carboxylic acids is 4. The first-order valence-corrected chi connectivity index (χ1v) is 20.9. The number of hydrogen-bond donors (Lipinski definition) is 2. The number of imide groups is 1. The van der Waals surface area contributed by atoms with Crippen LogP contribution in [0.2, 0.25) is 0 Å². The first-order valence-electron chi connectivity index (χ1n) is 20.9. The maximum absolute atomic E-state index is 14.1. The highest BCUT2D eigenvalue weighted by Crippen LogP contribution is 2.25. The highest BCUT2D eigenvalue weighted by molar-refractivity contribution is 6.21. The smallest absolute Gasteiger partial charge is 0.261 e. The van der Waals surface area contributed by atoms with E-state index in [1.807, 2.05) is 116 Å². The van der Waals surface area contributed by atoms with E-state index >= 15 is 0 Å². The molecule has 0 aromatic heterocycles. The number of nitrogens with zero attached hydrogens (tertiary/aromatic N) is 2. The number of nitrogens with one attached hydrogen (secondary N) is 1. The normalized spacial score (nSPS) is 12.3. The fraction of sp³-hybridized carbons (Fsp3) is 0.400. The van der Waals surface area contributed by atoms with Gasteiger partial charge in [0.05, 0.1) is 11.1 Å². The number of allylic oxidation sites excluding steroid dienone is 1. The minimum atomic E-state index is -0.401. The molecule has 58 heavy (non-hydrogen) atoms. The predicted octanol–water partition coefficient (Wildman–Crippen LogP) is 10.4. The first kappa shape index (κ1) is 48.6. The van der Waals surface area contributed by atoms with Crippen LogP contribution < -0.4 is 5.32 Å². The Morgan fingerprint density at radius 2 is 1.34 bits per heavy atom. The van der Waals surface area contributed by atoms with Gasteiger partial charge in [-0.05, 0) is 105 Å². The Morgan fingerprint density at radius 1 is 0.776 bits per heavy atom. The molecule has 1 heterocycles. The molecule has 0 radical (unpaired) electrons. The van der Waals surface area contributed by atoms with Gasteiger partial charge in [0.15, 0.2) is 0 Å². The quantitative estimate of drug-likeness (QED) is 0.0921. The van der Waals surface area contributed by atoms with Gasteiger partial charge in [-0.25, -0.2) is 0 Å². The van der Waals surface area contributed by atoms with Crippen molar-refractivity contribution < 1.29 is 24.3 Å². The molecule has 0 aliphatic carbocycles. The Morgan fingerprint density at radius 3 is 1.91 bits per heavy atom. The summed E-state index contributed by atoms with van der Waals surface area (Å²) >= 11 is 0. The molecule has 1 unspecified atom stereocenters. The molecule has 5 rings (SSSR count). The highest BCUT2D eigenvalue weighted by Gasteiger charge is 2.36. The van der Waals surface area contributed by atoms with Gasteiger partial charge in [-0.2, -0.15) is 0 Å². The van der Waals surface area contributed by atoms with Crippen molar-refractivity contribution in [2.75, 3.05) is 19.6 Å². The van der Waals surface area contributed by atoms with Crippen LogP contribution in [0.1, 0.15) is 125 Å². The monoisotopic (exact) mass is 790 g/mol. The molecule has 0 fully saturated rings. The van der Waals surface area contributed by atoms with E-state index in [1.165, 1.54) is 6.42 Å². The minimum absolute atomic E-state index is 0.0463. The van der Waals surface area contributed by atoms with Crippen molar-refractivity contribution in [3.05, 3.63) is 148 Å². The van der Waals surface area contributed by atoms with Crippen LogP contribution in [0.25, 0.3) is 0 Å². The van der Waals surface area contributed by atoms with Crippen LogP contribution in [0.15, 0.2) is 97.6 Å². The Kier molecular flexibility index (Phi) is 21.0. The van der Waals surface area contributed by atoms with Crippen LogP contribution in [-0.4, -0.2) is 64.2 Å². The second-order valence-corrected chi connectivity index (χ2v) is 14.3. The minimum Gasteiger partial charge on any atom is -0.508 e. The zero-order chi connectivity index (χ0) is 43.4. The number of phenols is 1. The molecule has 2 N–H and O–H groups in total. The number of hydrogen-bond acceptors (Lipinski definition) is 5. The van der Waals surface area contributed by atoms with E-state index in [9.17, 15) is 24.3 Å². The van der Waals surface area contributed by atoms with Gasteiger partial charge in [-0.3, -0.25) is 24.1 Å². The van der Waals surface area contributed by atoms with E-state index in [0.29, 0.717) is 49.0 Å². The molecule has 2 atom stereocenters. The summed E-state index contributed by atoms with van der Waals surface area (Å²) in [5, 5.41) is 13.7. The van der Waals surface area contributed by atoms with Crippen molar-refractivity contribution in [2.45, 2.75) is 107 Å². The molecule has 312 valence electrons. The van der Waals surface area contributed by atoms with E-state index < -0.39 is 11.8 Å². The molecule has 0 saturated heterocycles. The molecule has 8 heteroatoms. The summed E-state index contributed by atoms with van der Waals surface area (Å²) in [6.07, 6.45) is 4.55. The summed E-state index contributed by atoms with van der Waals surface area (Å²) < 4.78 is 0. The third-order valence-electron chi connectivity index (χ3n) is 9.92. The zero-order valence-corrected chi connectivity index (χ0v) is 36.7. The van der Waals surface area contributed by atoms with Crippen LogP contribution >= 0.6 is 0 Å². The second kappa shape index (κ2) is 25.0. The molecular weight excluding hydrogens is 723 g/mol. The van der Waals surface area contributed by atoms with Crippen LogP contribution in [0.4, 0.5) is 0 Å². The number of fused-ring (bicyclic) bond motifs is 1. The maximum Gasteiger partial charge on any atom is 0.261 e. The van der Waals surface area contributed by atoms with Gasteiger partial charge < -0.3 is 15.3 Å². The van der Waals surface area contributed by atoms with E-state index in [4.69, 9.17) is 0 Å². The van der Waals surface area contributed by atoms with Gasteiger partial charge in [-0.1, -0.05) is 115 Å². The number of aryl methyl sites for hydroxylation is 4. The lowest BCUT2D eigenvalue weighted by Crippen LogP contribution is -2.48. The fourth-order valence-corrected chi connectivity index (χ4v) is 6.72. The topological polar surface area (TPSA) is 107 Å². The zero-order valence-electron chi connectivity index (χ0n) is 36.7. The second-order valence-electron chi connectivity index (χ2n) is 14.3. The lowest BCUT2D eigenvalue weighted by molar-refractivity contribution is -0.132. The molecule has 0 bridgehead atoms. The number of benzene rings is 4. The van der Waals surface area contributed by atoms with E-state index in [2.05, 4.69) is 25.7 Å². The number of phenolic OH excluding ortho intramolecular Hbond substituents is 1. The Hall–Kier alpha value is -5.50. The van der Waals surface area contributed by atoms with Gasteiger partial charge in [0.25, 0.3) is 17.7 Å². The first-order chi connectivity index (χ1) is 27.9. The van der Waals surface area contributed by atoms with Crippen LogP contribution in [0.3, 0.4) is 0 Å². The van der Waals surface area contributed by atoms with E-state index in [-0.39, 0.29) is 42.5 Å². The number of carbonyl (C=O) groups is 4. The van der Waals surface area contributed by atoms with Crippen molar-refractivity contribution in [1.82, 2.24) is 15.1 Å². The van der Waals surface area contributed by atoms with Crippen molar-refractivity contribution in [2.24, 2.45) is 5.92 Å². The molecular formula is C50H67N3O5. The Bertz CT molecular complexity index is 1920. The average Bonchev–Trinajstić information content (AvgIpc) is 3.47. The predicted molar refractivity (Wildman–Crippen MR) is 239 cm³/mol. The number of amides is 4. The lowest BCUT2D eigenvalue weighted by atomic mass is 9.89. The summed E-state index contributed by atoms with van der Waals surface area (Å²) in [6.45, 7) is 24.6. The van der Waals surface area contributed by atoms with Crippen molar-refractivity contribution in [3.8, 4) is 5.75 Å². The average molecular weight is 790 g/mol. The summed E-state index contributed by atoms with van der Waals surface area (Å²) in [6, 6.07) is 25.7. The molecule has 1 aliphatic heterocycles.